The van der Waals surface area contributed by atoms with Gasteiger partial charge in [-0.05, 0) is 12.1 Å². The van der Waals surface area contributed by atoms with Gasteiger partial charge in [0, 0.05) is 6.20 Å². The van der Waals surface area contributed by atoms with Gasteiger partial charge in [-0.2, -0.15) is 0 Å². The second kappa shape index (κ2) is 4.25. The van der Waals surface area contributed by atoms with Gasteiger partial charge in [0.2, 0.25) is 5.82 Å². The lowest BCUT2D eigenvalue weighted by molar-refractivity contribution is -0.136. The van der Waals surface area contributed by atoms with E-state index in [-0.39, 0.29) is 12.2 Å². The van der Waals surface area contributed by atoms with Gasteiger partial charge in [-0.1, -0.05) is 6.07 Å². The summed E-state index contributed by atoms with van der Waals surface area (Å²) in [4.78, 5) is 26.2. The van der Waals surface area contributed by atoms with Crippen molar-refractivity contribution in [3.05, 3.63) is 35.9 Å². The van der Waals surface area contributed by atoms with E-state index in [0.29, 0.717) is 11.2 Å². The summed E-state index contributed by atoms with van der Waals surface area (Å²) in [6.45, 7) is 0. The van der Waals surface area contributed by atoms with Gasteiger partial charge in [-0.15, -0.1) is 0 Å². The first-order chi connectivity index (χ1) is 8.13. The summed E-state index contributed by atoms with van der Waals surface area (Å²) < 4.78 is 6.11. The number of imidazole rings is 1. The number of carbonyl (C=O) groups is 2. The fourth-order valence-corrected chi connectivity index (χ4v) is 1.61. The maximum atomic E-state index is 11.5. The van der Waals surface area contributed by atoms with Crippen LogP contribution in [0.3, 0.4) is 0 Å². The number of ether oxygens (including phenoxy) is 1. The first-order valence-electron chi connectivity index (χ1n) is 4.89. The number of carboxylic acid groups (broad SMARTS) is 1. The molecule has 0 saturated heterocycles. The van der Waals surface area contributed by atoms with Crippen LogP contribution in [0.1, 0.15) is 16.3 Å². The first kappa shape index (κ1) is 11.1. The van der Waals surface area contributed by atoms with Crippen molar-refractivity contribution in [2.24, 2.45) is 0 Å². The van der Waals surface area contributed by atoms with E-state index in [1.165, 1.54) is 11.5 Å². The monoisotopic (exact) mass is 234 g/mol. The average molecular weight is 234 g/mol. The molecule has 2 rings (SSSR count). The Morgan fingerprint density at radius 2 is 2.24 bits per heavy atom. The lowest BCUT2D eigenvalue weighted by Crippen LogP contribution is -2.07. The Morgan fingerprint density at radius 3 is 2.88 bits per heavy atom. The van der Waals surface area contributed by atoms with E-state index in [4.69, 9.17) is 5.11 Å². The van der Waals surface area contributed by atoms with Crippen LogP contribution in [-0.4, -0.2) is 33.5 Å². The zero-order valence-corrected chi connectivity index (χ0v) is 9.08. The Kier molecular flexibility index (Phi) is 2.78. The third-order valence-electron chi connectivity index (χ3n) is 2.31. The molecular formula is C11H10N2O4. The quantitative estimate of drug-likeness (QED) is 0.792. The number of aromatic nitrogens is 2. The molecule has 6 heteroatoms. The van der Waals surface area contributed by atoms with Crippen LogP contribution in [0.4, 0.5) is 0 Å². The number of carbonyl (C=O) groups excluding carboxylic acids is 1. The summed E-state index contributed by atoms with van der Waals surface area (Å²) in [7, 11) is 1.25. The highest BCUT2D eigenvalue weighted by Gasteiger charge is 2.18. The third kappa shape index (κ3) is 1.96. The molecule has 0 fully saturated rings. The van der Waals surface area contributed by atoms with E-state index in [1.807, 2.05) is 0 Å². The smallest absolute Gasteiger partial charge is 0.374 e. The molecular weight excluding hydrogens is 224 g/mol. The Labute approximate surface area is 96.5 Å². The Balaban J connectivity index is 2.62. The molecule has 0 aromatic carbocycles. The fraction of sp³-hybridized carbons (Fsp3) is 0.182. The van der Waals surface area contributed by atoms with Gasteiger partial charge < -0.3 is 9.84 Å². The van der Waals surface area contributed by atoms with Gasteiger partial charge in [-0.3, -0.25) is 9.20 Å². The SMILES string of the molecule is COC(=O)c1nc(CC(=O)O)c2ccccn12. The van der Waals surface area contributed by atoms with Gasteiger partial charge in [0.05, 0.1) is 24.7 Å². The normalized spacial score (nSPS) is 10.4. The van der Waals surface area contributed by atoms with E-state index >= 15 is 0 Å². The average Bonchev–Trinajstić information content (AvgIpc) is 2.67. The molecule has 6 nitrogen and oxygen atoms in total. The van der Waals surface area contributed by atoms with Crippen LogP contribution >= 0.6 is 0 Å². The van der Waals surface area contributed by atoms with Crippen LogP contribution in [0.25, 0.3) is 5.52 Å². The van der Waals surface area contributed by atoms with Crippen molar-refractivity contribution < 1.29 is 19.4 Å². The van der Waals surface area contributed by atoms with Crippen molar-refractivity contribution in [3.63, 3.8) is 0 Å². The van der Waals surface area contributed by atoms with E-state index in [0.717, 1.165) is 0 Å². The second-order valence-electron chi connectivity index (χ2n) is 3.40. The summed E-state index contributed by atoms with van der Waals surface area (Å²) in [6, 6.07) is 5.19. The molecule has 0 aliphatic rings. The molecule has 2 aromatic heterocycles. The predicted octanol–water partition coefficient (Wildman–Crippen LogP) is 0.748. The number of rotatable bonds is 3. The zero-order valence-electron chi connectivity index (χ0n) is 9.08. The highest BCUT2D eigenvalue weighted by atomic mass is 16.5. The highest BCUT2D eigenvalue weighted by Crippen LogP contribution is 2.14. The molecule has 2 heterocycles. The standard InChI is InChI=1S/C11H10N2O4/c1-17-11(16)10-12-7(6-9(14)15)8-4-2-3-5-13(8)10/h2-5H,6H2,1H3,(H,14,15). The molecule has 0 amide bonds. The van der Waals surface area contributed by atoms with Gasteiger partial charge in [0.1, 0.15) is 0 Å². The molecule has 0 radical (unpaired) electrons. The maximum Gasteiger partial charge on any atom is 0.374 e. The molecule has 88 valence electrons. The second-order valence-corrected chi connectivity index (χ2v) is 3.40. The zero-order chi connectivity index (χ0) is 12.4. The molecule has 0 aliphatic heterocycles. The van der Waals surface area contributed by atoms with Crippen molar-refractivity contribution in [3.8, 4) is 0 Å². The van der Waals surface area contributed by atoms with E-state index in [1.54, 1.807) is 24.4 Å². The third-order valence-corrected chi connectivity index (χ3v) is 2.31. The lowest BCUT2D eigenvalue weighted by atomic mass is 10.2. The van der Waals surface area contributed by atoms with Crippen molar-refractivity contribution in [1.29, 1.82) is 0 Å². The number of fused-ring (bicyclic) bond motifs is 1. The Morgan fingerprint density at radius 1 is 1.47 bits per heavy atom. The van der Waals surface area contributed by atoms with Crippen molar-refractivity contribution in [2.45, 2.75) is 6.42 Å². The molecule has 0 bridgehead atoms. The fourth-order valence-electron chi connectivity index (χ4n) is 1.61. The summed E-state index contributed by atoms with van der Waals surface area (Å²) in [6.07, 6.45) is 1.41. The molecule has 0 saturated carbocycles. The molecule has 0 atom stereocenters. The summed E-state index contributed by atoms with van der Waals surface area (Å²) in [5.74, 6) is -1.51. The molecule has 2 aromatic rings. The van der Waals surface area contributed by atoms with Gasteiger partial charge >= 0.3 is 11.9 Å². The summed E-state index contributed by atoms with van der Waals surface area (Å²) in [5.41, 5.74) is 0.939. The minimum absolute atomic E-state index is 0.0827. The molecule has 0 aliphatic carbocycles. The number of esters is 1. The molecule has 0 unspecified atom stereocenters. The van der Waals surface area contributed by atoms with Crippen LogP contribution in [0, 0.1) is 0 Å². The van der Waals surface area contributed by atoms with Crippen LogP contribution in [-0.2, 0) is 16.0 Å². The van der Waals surface area contributed by atoms with Gasteiger partial charge in [0.25, 0.3) is 0 Å². The molecule has 17 heavy (non-hydrogen) atoms. The first-order valence-corrected chi connectivity index (χ1v) is 4.89. The van der Waals surface area contributed by atoms with Crippen LogP contribution < -0.4 is 0 Å². The van der Waals surface area contributed by atoms with Crippen molar-refractivity contribution in [1.82, 2.24) is 9.38 Å². The van der Waals surface area contributed by atoms with Crippen molar-refractivity contribution in [2.75, 3.05) is 7.11 Å². The lowest BCUT2D eigenvalue weighted by Gasteiger charge is -1.97. The number of pyridine rings is 1. The topological polar surface area (TPSA) is 80.9 Å². The van der Waals surface area contributed by atoms with Crippen LogP contribution in [0.5, 0.6) is 0 Å². The minimum atomic E-state index is -0.995. The summed E-state index contributed by atoms with van der Waals surface area (Å²) in [5, 5.41) is 8.77. The highest BCUT2D eigenvalue weighted by molar-refractivity contribution is 5.88. The van der Waals surface area contributed by atoms with Crippen LogP contribution in [0.15, 0.2) is 24.4 Å². The van der Waals surface area contributed by atoms with E-state index in [9.17, 15) is 9.59 Å². The number of hydrogen-bond donors (Lipinski definition) is 1. The molecule has 0 spiro atoms. The minimum Gasteiger partial charge on any atom is -0.481 e. The Bertz CT molecular complexity index is 588. The van der Waals surface area contributed by atoms with E-state index < -0.39 is 11.9 Å². The van der Waals surface area contributed by atoms with Gasteiger partial charge in [-0.25, -0.2) is 9.78 Å². The number of carboxylic acids is 1. The summed E-state index contributed by atoms with van der Waals surface area (Å²) >= 11 is 0. The van der Waals surface area contributed by atoms with Crippen LogP contribution in [0.2, 0.25) is 0 Å². The predicted molar refractivity (Wildman–Crippen MR) is 57.9 cm³/mol. The Hall–Kier alpha value is -2.37. The number of aliphatic carboxylic acids is 1. The number of hydrogen-bond acceptors (Lipinski definition) is 4. The van der Waals surface area contributed by atoms with Gasteiger partial charge in [0.15, 0.2) is 0 Å². The number of methoxy groups -OCH3 is 1. The van der Waals surface area contributed by atoms with Crippen molar-refractivity contribution >= 4 is 17.5 Å². The number of nitrogens with zero attached hydrogens (tertiary/aromatic N) is 2. The largest absolute Gasteiger partial charge is 0.481 e. The van der Waals surface area contributed by atoms with E-state index in [2.05, 4.69) is 9.72 Å². The molecule has 1 N–H and O–H groups in total. The maximum absolute atomic E-state index is 11.5.